The molecule has 96 valence electrons. The van der Waals surface area contributed by atoms with Gasteiger partial charge in [-0.25, -0.2) is 4.79 Å². The number of aliphatic hydroxyl groups is 2. The second kappa shape index (κ2) is 4.69. The van der Waals surface area contributed by atoms with Crippen LogP contribution in [0.2, 0.25) is 0 Å². The fourth-order valence-electron chi connectivity index (χ4n) is 0.901. The molecule has 16 heavy (non-hydrogen) atoms. The molecule has 0 radical (unpaired) electrons. The van der Waals surface area contributed by atoms with Crippen LogP contribution in [0.25, 0.3) is 0 Å². The minimum absolute atomic E-state index is 0.0106. The van der Waals surface area contributed by atoms with E-state index < -0.39 is 22.7 Å². The number of nitrogens with one attached hydrogen (secondary N) is 1. The molecule has 0 aliphatic carbocycles. The van der Waals surface area contributed by atoms with Gasteiger partial charge < -0.3 is 20.3 Å². The molecule has 1 atom stereocenters. The number of carbonyl (C=O) groups is 1. The van der Waals surface area contributed by atoms with Crippen molar-refractivity contribution in [1.82, 2.24) is 5.32 Å². The van der Waals surface area contributed by atoms with Crippen LogP contribution in [0.1, 0.15) is 34.6 Å². The summed E-state index contributed by atoms with van der Waals surface area (Å²) >= 11 is 0. The van der Waals surface area contributed by atoms with E-state index in [1.165, 1.54) is 14.0 Å². The van der Waals surface area contributed by atoms with Crippen LogP contribution in [-0.4, -0.2) is 46.6 Å². The molecule has 0 amide bonds. The zero-order valence-electron chi connectivity index (χ0n) is 10.9. The van der Waals surface area contributed by atoms with Crippen LogP contribution in [0.5, 0.6) is 0 Å². The van der Waals surface area contributed by atoms with Crippen LogP contribution in [0.4, 0.5) is 0 Å². The average molecular weight is 233 g/mol. The zero-order chi connectivity index (χ0) is 13.2. The lowest BCUT2D eigenvalue weighted by molar-refractivity contribution is -0.160. The highest BCUT2D eigenvalue weighted by Gasteiger charge is 2.39. The van der Waals surface area contributed by atoms with Crippen molar-refractivity contribution >= 4 is 5.97 Å². The molecule has 0 aliphatic rings. The van der Waals surface area contributed by atoms with Gasteiger partial charge in [0, 0.05) is 12.1 Å². The molecule has 1 unspecified atom stereocenters. The van der Waals surface area contributed by atoms with Crippen LogP contribution in [-0.2, 0) is 9.53 Å². The summed E-state index contributed by atoms with van der Waals surface area (Å²) in [7, 11) is 1.22. The van der Waals surface area contributed by atoms with Gasteiger partial charge in [-0.05, 0) is 34.6 Å². The van der Waals surface area contributed by atoms with E-state index in [9.17, 15) is 15.0 Å². The third kappa shape index (κ3) is 3.73. The third-order valence-corrected chi connectivity index (χ3v) is 3.03. The molecule has 0 rings (SSSR count). The lowest BCUT2D eigenvalue weighted by Crippen LogP contribution is -2.60. The maximum atomic E-state index is 11.2. The third-order valence-electron chi connectivity index (χ3n) is 3.03. The summed E-state index contributed by atoms with van der Waals surface area (Å²) in [5, 5.41) is 22.6. The molecule has 0 aromatic heterocycles. The molecule has 0 aromatic rings. The predicted molar refractivity (Wildman–Crippen MR) is 61.0 cm³/mol. The van der Waals surface area contributed by atoms with E-state index in [1.54, 1.807) is 27.7 Å². The Kier molecular flexibility index (Phi) is 4.50. The van der Waals surface area contributed by atoms with Gasteiger partial charge in [-0.15, -0.1) is 0 Å². The summed E-state index contributed by atoms with van der Waals surface area (Å²) in [6.45, 7) is 8.28. The summed E-state index contributed by atoms with van der Waals surface area (Å²) in [4.78, 5) is 11.2. The number of hydrogen-bond acceptors (Lipinski definition) is 5. The minimum Gasteiger partial charge on any atom is -0.467 e. The van der Waals surface area contributed by atoms with Crippen LogP contribution >= 0.6 is 0 Å². The quantitative estimate of drug-likeness (QED) is 0.585. The van der Waals surface area contributed by atoms with Crippen molar-refractivity contribution in [2.75, 3.05) is 13.7 Å². The molecule has 0 heterocycles. The van der Waals surface area contributed by atoms with Gasteiger partial charge in [0.2, 0.25) is 0 Å². The molecule has 0 saturated carbocycles. The minimum atomic E-state index is -1.60. The SMILES string of the molecule is COC(=O)C(C)(O)CNC(C)(C)C(C)(C)O. The maximum Gasteiger partial charge on any atom is 0.338 e. The van der Waals surface area contributed by atoms with Gasteiger partial charge in [-0.1, -0.05) is 0 Å². The Morgan fingerprint density at radius 3 is 1.94 bits per heavy atom. The summed E-state index contributed by atoms with van der Waals surface area (Å²) in [5.74, 6) is -0.702. The van der Waals surface area contributed by atoms with E-state index >= 15 is 0 Å². The standard InChI is InChI=1S/C11H23NO4/c1-9(2,10(3,4)14)12-7-11(5,15)8(13)16-6/h12,14-15H,7H2,1-6H3. The molecule has 3 N–H and O–H groups in total. The largest absolute Gasteiger partial charge is 0.467 e. The second-order valence-electron chi connectivity index (χ2n) is 5.30. The van der Waals surface area contributed by atoms with Crippen molar-refractivity contribution in [3.05, 3.63) is 0 Å². The van der Waals surface area contributed by atoms with E-state index in [0.29, 0.717) is 0 Å². The van der Waals surface area contributed by atoms with E-state index in [-0.39, 0.29) is 6.54 Å². The summed E-state index contributed by atoms with van der Waals surface area (Å²) < 4.78 is 4.47. The lowest BCUT2D eigenvalue weighted by Gasteiger charge is -2.39. The molecule has 0 fully saturated rings. The summed E-state index contributed by atoms with van der Waals surface area (Å²) in [5.41, 5.74) is -3.21. The van der Waals surface area contributed by atoms with Gasteiger partial charge in [0.1, 0.15) is 0 Å². The van der Waals surface area contributed by atoms with Crippen molar-refractivity contribution in [2.45, 2.75) is 51.4 Å². The molecule has 5 heteroatoms. The zero-order valence-corrected chi connectivity index (χ0v) is 10.9. The average Bonchev–Trinajstić information content (AvgIpc) is 2.12. The second-order valence-corrected chi connectivity index (χ2v) is 5.30. The number of rotatable bonds is 5. The van der Waals surface area contributed by atoms with Crippen molar-refractivity contribution < 1.29 is 19.7 Å². The number of esters is 1. The Morgan fingerprint density at radius 1 is 1.19 bits per heavy atom. The van der Waals surface area contributed by atoms with Gasteiger partial charge in [-0.2, -0.15) is 0 Å². The number of carbonyl (C=O) groups excluding carboxylic acids is 1. The first-order valence-electron chi connectivity index (χ1n) is 5.22. The Hall–Kier alpha value is -0.650. The summed E-state index contributed by atoms with van der Waals surface area (Å²) in [6.07, 6.45) is 0. The van der Waals surface area contributed by atoms with Gasteiger partial charge in [0.25, 0.3) is 0 Å². The Balaban J connectivity index is 4.52. The fraction of sp³-hybridized carbons (Fsp3) is 0.909. The molecular weight excluding hydrogens is 210 g/mol. The van der Waals surface area contributed by atoms with Gasteiger partial charge in [-0.3, -0.25) is 0 Å². The van der Waals surface area contributed by atoms with Crippen LogP contribution < -0.4 is 5.32 Å². The van der Waals surface area contributed by atoms with Crippen molar-refractivity contribution in [1.29, 1.82) is 0 Å². The fourth-order valence-corrected chi connectivity index (χ4v) is 0.901. The van der Waals surface area contributed by atoms with Gasteiger partial charge in [0.15, 0.2) is 5.60 Å². The number of ether oxygens (including phenoxy) is 1. The monoisotopic (exact) mass is 233 g/mol. The van der Waals surface area contributed by atoms with E-state index in [1.807, 2.05) is 0 Å². The number of β-amino-alcohol motifs (C(OH)–C–C–N with tert-alkyl or cyclic N) is 1. The topological polar surface area (TPSA) is 78.8 Å². The Bertz CT molecular complexity index is 253. The molecule has 0 spiro atoms. The van der Waals surface area contributed by atoms with Gasteiger partial charge >= 0.3 is 5.97 Å². The first-order valence-corrected chi connectivity index (χ1v) is 5.22. The van der Waals surface area contributed by atoms with E-state index in [0.717, 1.165) is 0 Å². The van der Waals surface area contributed by atoms with Crippen molar-refractivity contribution in [3.8, 4) is 0 Å². The van der Waals surface area contributed by atoms with E-state index in [4.69, 9.17) is 0 Å². The molecular formula is C11H23NO4. The normalized spacial score (nSPS) is 16.8. The van der Waals surface area contributed by atoms with Crippen molar-refractivity contribution in [2.24, 2.45) is 0 Å². The smallest absolute Gasteiger partial charge is 0.338 e. The highest BCUT2D eigenvalue weighted by atomic mass is 16.5. The number of methoxy groups -OCH3 is 1. The molecule has 0 bridgehead atoms. The van der Waals surface area contributed by atoms with E-state index in [2.05, 4.69) is 10.1 Å². The van der Waals surface area contributed by atoms with Crippen LogP contribution in [0.3, 0.4) is 0 Å². The molecule has 5 nitrogen and oxygen atoms in total. The van der Waals surface area contributed by atoms with Crippen molar-refractivity contribution in [3.63, 3.8) is 0 Å². The highest BCUT2D eigenvalue weighted by Crippen LogP contribution is 2.21. The first kappa shape index (κ1) is 15.3. The first-order chi connectivity index (χ1) is 6.94. The van der Waals surface area contributed by atoms with Crippen LogP contribution in [0, 0.1) is 0 Å². The molecule has 0 aliphatic heterocycles. The number of hydrogen-bond donors (Lipinski definition) is 3. The summed E-state index contributed by atoms with van der Waals surface area (Å²) in [6, 6.07) is 0. The van der Waals surface area contributed by atoms with Gasteiger partial charge in [0.05, 0.1) is 12.7 Å². The predicted octanol–water partition coefficient (Wildman–Crippen LogP) is 0.0495. The molecule has 0 aromatic carbocycles. The molecule has 0 saturated heterocycles. The lowest BCUT2D eigenvalue weighted by atomic mass is 9.85. The van der Waals surface area contributed by atoms with Crippen LogP contribution in [0.15, 0.2) is 0 Å². The Morgan fingerprint density at radius 2 is 1.62 bits per heavy atom. The highest BCUT2D eigenvalue weighted by molar-refractivity contribution is 5.78. The Labute approximate surface area is 96.8 Å². The maximum absolute atomic E-state index is 11.2.